The summed E-state index contributed by atoms with van der Waals surface area (Å²) in [5.74, 6) is -0.0645. The number of benzene rings is 1. The van der Waals surface area contributed by atoms with Crippen LogP contribution in [0, 0.1) is 0 Å². The Labute approximate surface area is 113 Å². The molecule has 4 nitrogen and oxygen atoms in total. The molecule has 0 bridgehead atoms. The highest BCUT2D eigenvalue weighted by atomic mass is 32.1. The Morgan fingerprint density at radius 1 is 1.42 bits per heavy atom. The average Bonchev–Trinajstić information content (AvgIpc) is 3.03. The number of aryl methyl sites for hydroxylation is 1. The standard InChI is InChI=1S/C14H12N2O2S/c1-2-12-15-13-10(14(17)18)4-3-5-11(13)16(12)9-6-7-19-8-9/h3-8H,2H2,1H3,(H,17,18). The number of para-hydroxylation sites is 1. The van der Waals surface area contributed by atoms with Crippen LogP contribution in [0.4, 0.5) is 0 Å². The van der Waals surface area contributed by atoms with Crippen LogP contribution < -0.4 is 0 Å². The number of carboxylic acid groups (broad SMARTS) is 1. The van der Waals surface area contributed by atoms with E-state index in [1.165, 1.54) is 0 Å². The second-order valence-corrected chi connectivity index (χ2v) is 4.96. The van der Waals surface area contributed by atoms with Gasteiger partial charge in [-0.15, -0.1) is 0 Å². The fraction of sp³-hybridized carbons (Fsp3) is 0.143. The van der Waals surface area contributed by atoms with Crippen molar-refractivity contribution in [1.29, 1.82) is 0 Å². The highest BCUT2D eigenvalue weighted by Crippen LogP contribution is 2.25. The number of hydrogen-bond donors (Lipinski definition) is 1. The third-order valence-corrected chi connectivity index (χ3v) is 3.74. The molecule has 0 amide bonds. The normalized spacial score (nSPS) is 11.0. The number of aromatic nitrogens is 2. The van der Waals surface area contributed by atoms with Gasteiger partial charge in [-0.05, 0) is 23.6 Å². The van der Waals surface area contributed by atoms with Crippen molar-refractivity contribution in [2.45, 2.75) is 13.3 Å². The largest absolute Gasteiger partial charge is 0.478 e. The number of carbonyl (C=O) groups is 1. The molecular formula is C14H12N2O2S. The van der Waals surface area contributed by atoms with Crippen molar-refractivity contribution < 1.29 is 9.90 Å². The van der Waals surface area contributed by atoms with Crippen molar-refractivity contribution >= 4 is 28.3 Å². The van der Waals surface area contributed by atoms with Crippen LogP contribution in [0.2, 0.25) is 0 Å². The van der Waals surface area contributed by atoms with Crippen LogP contribution in [-0.2, 0) is 6.42 Å². The summed E-state index contributed by atoms with van der Waals surface area (Å²) in [5.41, 5.74) is 2.68. The highest BCUT2D eigenvalue weighted by molar-refractivity contribution is 7.08. The Hall–Kier alpha value is -2.14. The fourth-order valence-electron chi connectivity index (χ4n) is 2.23. The Morgan fingerprint density at radius 2 is 2.26 bits per heavy atom. The molecule has 0 spiro atoms. The van der Waals surface area contributed by atoms with E-state index in [9.17, 15) is 9.90 Å². The van der Waals surface area contributed by atoms with Crippen LogP contribution >= 0.6 is 11.3 Å². The zero-order valence-electron chi connectivity index (χ0n) is 10.3. The molecule has 0 saturated carbocycles. The second kappa shape index (κ2) is 4.51. The molecule has 3 rings (SSSR count). The van der Waals surface area contributed by atoms with Crippen LogP contribution in [-0.4, -0.2) is 20.6 Å². The molecule has 0 atom stereocenters. The molecule has 2 aromatic heterocycles. The molecule has 0 unspecified atom stereocenters. The third-order valence-electron chi connectivity index (χ3n) is 3.07. The Bertz CT molecular complexity index is 744. The Balaban J connectivity index is 2.38. The summed E-state index contributed by atoms with van der Waals surface area (Å²) in [7, 11) is 0. The van der Waals surface area contributed by atoms with Gasteiger partial charge in [0.1, 0.15) is 11.3 Å². The first-order chi connectivity index (χ1) is 9.22. The lowest BCUT2D eigenvalue weighted by Crippen LogP contribution is -1.98. The zero-order valence-corrected chi connectivity index (χ0v) is 11.1. The van der Waals surface area contributed by atoms with E-state index in [1.807, 2.05) is 34.4 Å². The molecule has 1 N–H and O–H groups in total. The topological polar surface area (TPSA) is 55.1 Å². The van der Waals surface area contributed by atoms with Gasteiger partial charge in [-0.2, -0.15) is 11.3 Å². The van der Waals surface area contributed by atoms with Crippen molar-refractivity contribution in [2.24, 2.45) is 0 Å². The number of carboxylic acids is 1. The van der Waals surface area contributed by atoms with Gasteiger partial charge in [0.25, 0.3) is 0 Å². The zero-order chi connectivity index (χ0) is 13.4. The van der Waals surface area contributed by atoms with E-state index in [2.05, 4.69) is 4.98 Å². The summed E-state index contributed by atoms with van der Waals surface area (Å²) in [4.78, 5) is 15.8. The lowest BCUT2D eigenvalue weighted by atomic mass is 10.2. The molecule has 3 aromatic rings. The van der Waals surface area contributed by atoms with Crippen molar-refractivity contribution in [2.75, 3.05) is 0 Å². The van der Waals surface area contributed by atoms with Gasteiger partial charge in [0.15, 0.2) is 0 Å². The van der Waals surface area contributed by atoms with Gasteiger partial charge in [0.05, 0.1) is 16.8 Å². The minimum Gasteiger partial charge on any atom is -0.478 e. The fourth-order valence-corrected chi connectivity index (χ4v) is 2.85. The monoisotopic (exact) mass is 272 g/mol. The predicted molar refractivity (Wildman–Crippen MR) is 75.3 cm³/mol. The molecule has 2 heterocycles. The van der Waals surface area contributed by atoms with Crippen molar-refractivity contribution in [3.63, 3.8) is 0 Å². The van der Waals surface area contributed by atoms with Gasteiger partial charge in [-0.1, -0.05) is 13.0 Å². The first kappa shape index (κ1) is 11.9. The van der Waals surface area contributed by atoms with Gasteiger partial charge >= 0.3 is 5.97 Å². The van der Waals surface area contributed by atoms with Gasteiger partial charge in [-0.3, -0.25) is 4.57 Å². The number of thiophene rings is 1. The summed E-state index contributed by atoms with van der Waals surface area (Å²) in [6, 6.07) is 7.27. The third kappa shape index (κ3) is 1.82. The Kier molecular flexibility index (Phi) is 2.83. The molecule has 0 radical (unpaired) electrons. The lowest BCUT2D eigenvalue weighted by molar-refractivity contribution is 0.0699. The minimum absolute atomic E-state index is 0.251. The van der Waals surface area contributed by atoms with Gasteiger partial charge < -0.3 is 5.11 Å². The Morgan fingerprint density at radius 3 is 2.89 bits per heavy atom. The minimum atomic E-state index is -0.941. The second-order valence-electron chi connectivity index (χ2n) is 4.18. The van der Waals surface area contributed by atoms with Gasteiger partial charge in [0, 0.05) is 11.8 Å². The smallest absolute Gasteiger partial charge is 0.337 e. The first-order valence-corrected chi connectivity index (χ1v) is 6.93. The number of nitrogens with zero attached hydrogens (tertiary/aromatic N) is 2. The van der Waals surface area contributed by atoms with Crippen LogP contribution in [0.3, 0.4) is 0 Å². The number of aromatic carboxylic acids is 1. The van der Waals surface area contributed by atoms with E-state index in [0.717, 1.165) is 23.4 Å². The summed E-state index contributed by atoms with van der Waals surface area (Å²) in [5, 5.41) is 13.3. The molecule has 0 fully saturated rings. The highest BCUT2D eigenvalue weighted by Gasteiger charge is 2.16. The van der Waals surface area contributed by atoms with E-state index in [-0.39, 0.29) is 5.56 Å². The molecular weight excluding hydrogens is 260 g/mol. The maximum absolute atomic E-state index is 11.3. The van der Waals surface area contributed by atoms with E-state index in [4.69, 9.17) is 0 Å². The maximum Gasteiger partial charge on any atom is 0.337 e. The first-order valence-electron chi connectivity index (χ1n) is 5.98. The van der Waals surface area contributed by atoms with Crippen molar-refractivity contribution in [1.82, 2.24) is 9.55 Å². The summed E-state index contributed by atoms with van der Waals surface area (Å²) in [6.07, 6.45) is 0.754. The van der Waals surface area contributed by atoms with Gasteiger partial charge in [0.2, 0.25) is 0 Å². The van der Waals surface area contributed by atoms with E-state index in [1.54, 1.807) is 23.5 Å². The van der Waals surface area contributed by atoms with Crippen molar-refractivity contribution in [3.05, 3.63) is 46.4 Å². The number of rotatable bonds is 3. The number of fused-ring (bicyclic) bond motifs is 1. The molecule has 19 heavy (non-hydrogen) atoms. The number of imidazole rings is 1. The van der Waals surface area contributed by atoms with Crippen molar-refractivity contribution in [3.8, 4) is 5.69 Å². The molecule has 0 aliphatic heterocycles. The number of hydrogen-bond acceptors (Lipinski definition) is 3. The SMILES string of the molecule is CCc1nc2c(C(=O)O)cccc2n1-c1ccsc1. The van der Waals surface area contributed by atoms with E-state index >= 15 is 0 Å². The summed E-state index contributed by atoms with van der Waals surface area (Å²) >= 11 is 1.61. The molecule has 0 aliphatic carbocycles. The van der Waals surface area contributed by atoms with Crippen LogP contribution in [0.1, 0.15) is 23.1 Å². The van der Waals surface area contributed by atoms with Crippen LogP contribution in [0.5, 0.6) is 0 Å². The average molecular weight is 272 g/mol. The molecule has 96 valence electrons. The van der Waals surface area contributed by atoms with Gasteiger partial charge in [-0.25, -0.2) is 9.78 Å². The summed E-state index contributed by atoms with van der Waals surface area (Å²) < 4.78 is 2.03. The van der Waals surface area contributed by atoms with Crippen LogP contribution in [0.15, 0.2) is 35.0 Å². The predicted octanol–water partition coefficient (Wildman–Crippen LogP) is 3.35. The van der Waals surface area contributed by atoms with E-state index in [0.29, 0.717) is 5.52 Å². The lowest BCUT2D eigenvalue weighted by Gasteiger charge is -2.05. The quantitative estimate of drug-likeness (QED) is 0.795. The molecule has 5 heteroatoms. The maximum atomic E-state index is 11.3. The molecule has 0 saturated heterocycles. The molecule has 1 aromatic carbocycles. The van der Waals surface area contributed by atoms with Crippen LogP contribution in [0.25, 0.3) is 16.7 Å². The summed E-state index contributed by atoms with van der Waals surface area (Å²) in [6.45, 7) is 2.02. The molecule has 0 aliphatic rings. The van der Waals surface area contributed by atoms with E-state index < -0.39 is 5.97 Å².